The lowest BCUT2D eigenvalue weighted by Crippen LogP contribution is -2.45. The second kappa shape index (κ2) is 4.84. The zero-order valence-corrected chi connectivity index (χ0v) is 12.3. The Bertz CT molecular complexity index is 693. The Kier molecular flexibility index (Phi) is 3.24. The van der Waals surface area contributed by atoms with Crippen molar-refractivity contribution in [2.24, 2.45) is 0 Å². The van der Waals surface area contributed by atoms with Crippen LogP contribution in [-0.4, -0.2) is 32.3 Å². The number of carboxylic acids is 1. The summed E-state index contributed by atoms with van der Waals surface area (Å²) >= 11 is 0. The van der Waals surface area contributed by atoms with Crippen molar-refractivity contribution in [2.75, 3.05) is 6.61 Å². The number of aromatic carboxylic acids is 1. The minimum Gasteiger partial charge on any atom is -0.478 e. The van der Waals surface area contributed by atoms with Crippen molar-refractivity contribution in [3.05, 3.63) is 29.6 Å². The van der Waals surface area contributed by atoms with Crippen molar-refractivity contribution in [2.45, 2.75) is 44.6 Å². The van der Waals surface area contributed by atoms with Crippen LogP contribution in [0.1, 0.15) is 55.2 Å². The van der Waals surface area contributed by atoms with Crippen LogP contribution in [0, 0.1) is 0 Å². The van der Waals surface area contributed by atoms with Crippen molar-refractivity contribution in [3.63, 3.8) is 0 Å². The summed E-state index contributed by atoms with van der Waals surface area (Å²) in [5.41, 5.74) is 1.20. The van der Waals surface area contributed by atoms with Crippen LogP contribution in [0.4, 0.5) is 0 Å². The molecule has 112 valence electrons. The van der Waals surface area contributed by atoms with Gasteiger partial charge in [0.25, 0.3) is 0 Å². The second-order valence-corrected chi connectivity index (χ2v) is 6.17. The van der Waals surface area contributed by atoms with Gasteiger partial charge in [-0.1, -0.05) is 19.9 Å². The highest BCUT2D eigenvalue weighted by Gasteiger charge is 2.41. The first kappa shape index (κ1) is 14.1. The maximum absolute atomic E-state index is 11.6. The number of aromatic nitrogens is 2. The van der Waals surface area contributed by atoms with Crippen LogP contribution in [0.2, 0.25) is 0 Å². The number of aliphatic hydroxyl groups excluding tert-OH is 1. The number of imidazole rings is 1. The fraction of sp³-hybridized carbons (Fsp3) is 0.500. The summed E-state index contributed by atoms with van der Waals surface area (Å²) in [7, 11) is 0. The average Bonchev–Trinajstić information content (AvgIpc) is 2.78. The number of aliphatic hydroxyl groups is 1. The molecule has 21 heavy (non-hydrogen) atoms. The molecule has 1 heterocycles. The van der Waals surface area contributed by atoms with Crippen molar-refractivity contribution in [3.8, 4) is 0 Å². The summed E-state index contributed by atoms with van der Waals surface area (Å²) in [4.78, 5) is 16.2. The Morgan fingerprint density at radius 1 is 1.43 bits per heavy atom. The Balaban J connectivity index is 2.38. The van der Waals surface area contributed by atoms with E-state index >= 15 is 0 Å². The molecule has 2 aromatic rings. The van der Waals surface area contributed by atoms with Crippen molar-refractivity contribution >= 4 is 17.0 Å². The number of para-hydroxylation sites is 1. The van der Waals surface area contributed by atoms with Gasteiger partial charge >= 0.3 is 5.97 Å². The van der Waals surface area contributed by atoms with Gasteiger partial charge in [-0.2, -0.15) is 0 Å². The van der Waals surface area contributed by atoms with Gasteiger partial charge in [0.1, 0.15) is 5.82 Å². The first-order valence-corrected chi connectivity index (χ1v) is 7.36. The third-order valence-corrected chi connectivity index (χ3v) is 4.50. The summed E-state index contributed by atoms with van der Waals surface area (Å²) in [6.07, 6.45) is 2.78. The minimum atomic E-state index is -0.954. The van der Waals surface area contributed by atoms with Gasteiger partial charge in [0.15, 0.2) is 0 Å². The number of nitrogens with zero attached hydrogens (tertiary/aromatic N) is 2. The third-order valence-electron chi connectivity index (χ3n) is 4.50. The van der Waals surface area contributed by atoms with Gasteiger partial charge in [-0.05, 0) is 31.4 Å². The van der Waals surface area contributed by atoms with E-state index in [1.54, 1.807) is 12.1 Å². The van der Waals surface area contributed by atoms with Crippen LogP contribution in [0.3, 0.4) is 0 Å². The molecule has 5 heteroatoms. The molecule has 0 radical (unpaired) electrons. The average molecular weight is 288 g/mol. The highest BCUT2D eigenvalue weighted by molar-refractivity contribution is 6.01. The Hall–Kier alpha value is -1.88. The molecule has 1 saturated carbocycles. The standard InChI is InChI=1S/C16H20N2O3/c1-10(2)14-17-12-6-3-5-11(15(20)21)13(12)18(14)16(9-19)7-4-8-16/h3,5-6,10,19H,4,7-9H2,1-2H3,(H,20,21). The lowest BCUT2D eigenvalue weighted by atomic mass is 9.76. The number of rotatable bonds is 4. The van der Waals surface area contributed by atoms with E-state index < -0.39 is 5.97 Å². The van der Waals surface area contributed by atoms with Crippen molar-refractivity contribution < 1.29 is 15.0 Å². The van der Waals surface area contributed by atoms with Gasteiger partial charge < -0.3 is 14.8 Å². The summed E-state index contributed by atoms with van der Waals surface area (Å²) in [5, 5.41) is 19.4. The van der Waals surface area contributed by atoms with Crippen LogP contribution >= 0.6 is 0 Å². The minimum absolute atomic E-state index is 0.0200. The van der Waals surface area contributed by atoms with Gasteiger partial charge in [-0.25, -0.2) is 9.78 Å². The number of fused-ring (bicyclic) bond motifs is 1. The monoisotopic (exact) mass is 288 g/mol. The molecular weight excluding hydrogens is 268 g/mol. The van der Waals surface area contributed by atoms with E-state index in [0.29, 0.717) is 11.0 Å². The van der Waals surface area contributed by atoms with Crippen LogP contribution in [-0.2, 0) is 5.54 Å². The Morgan fingerprint density at radius 2 is 2.14 bits per heavy atom. The van der Waals surface area contributed by atoms with E-state index in [9.17, 15) is 15.0 Å². The topological polar surface area (TPSA) is 75.3 Å². The first-order valence-electron chi connectivity index (χ1n) is 7.36. The molecule has 0 atom stereocenters. The number of carboxylic acid groups (broad SMARTS) is 1. The summed E-state index contributed by atoms with van der Waals surface area (Å²) in [6, 6.07) is 5.17. The summed E-state index contributed by atoms with van der Waals surface area (Å²) in [5.74, 6) is 0.0694. The molecular formula is C16H20N2O3. The molecule has 1 aliphatic carbocycles. The van der Waals surface area contributed by atoms with E-state index in [4.69, 9.17) is 0 Å². The van der Waals surface area contributed by atoms with E-state index in [-0.39, 0.29) is 23.6 Å². The van der Waals surface area contributed by atoms with Crippen molar-refractivity contribution in [1.82, 2.24) is 9.55 Å². The maximum atomic E-state index is 11.6. The first-order chi connectivity index (χ1) is 10.00. The van der Waals surface area contributed by atoms with E-state index in [2.05, 4.69) is 4.98 Å². The van der Waals surface area contributed by atoms with E-state index in [1.807, 2.05) is 24.5 Å². The smallest absolute Gasteiger partial charge is 0.337 e. The SMILES string of the molecule is CC(C)c1nc2cccc(C(=O)O)c2n1C1(CO)CCC1. The molecule has 1 aromatic heterocycles. The van der Waals surface area contributed by atoms with Gasteiger partial charge in [0, 0.05) is 5.92 Å². The van der Waals surface area contributed by atoms with E-state index in [0.717, 1.165) is 25.1 Å². The largest absolute Gasteiger partial charge is 0.478 e. The molecule has 1 aromatic carbocycles. The van der Waals surface area contributed by atoms with Gasteiger partial charge in [-0.15, -0.1) is 0 Å². The molecule has 0 spiro atoms. The molecule has 5 nitrogen and oxygen atoms in total. The predicted molar refractivity (Wildman–Crippen MR) is 79.7 cm³/mol. The zero-order chi connectivity index (χ0) is 15.2. The lowest BCUT2D eigenvalue weighted by molar-refractivity contribution is 0.0550. The quantitative estimate of drug-likeness (QED) is 0.907. The highest BCUT2D eigenvalue weighted by Crippen LogP contribution is 2.43. The van der Waals surface area contributed by atoms with Crippen LogP contribution in [0.5, 0.6) is 0 Å². The maximum Gasteiger partial charge on any atom is 0.337 e. The fourth-order valence-electron chi connectivity index (χ4n) is 3.22. The number of hydrogen-bond donors (Lipinski definition) is 2. The van der Waals surface area contributed by atoms with Gasteiger partial charge in [0.05, 0.1) is 28.7 Å². The predicted octanol–water partition coefficient (Wildman–Crippen LogP) is 2.73. The second-order valence-electron chi connectivity index (χ2n) is 6.17. The summed E-state index contributed by atoms with van der Waals surface area (Å²) < 4.78 is 2.00. The molecule has 1 aliphatic rings. The molecule has 0 bridgehead atoms. The molecule has 3 rings (SSSR count). The highest BCUT2D eigenvalue weighted by atomic mass is 16.4. The molecule has 0 aliphatic heterocycles. The number of carbonyl (C=O) groups is 1. The Morgan fingerprint density at radius 3 is 2.62 bits per heavy atom. The van der Waals surface area contributed by atoms with Gasteiger partial charge in [0.2, 0.25) is 0 Å². The molecule has 1 fully saturated rings. The molecule has 0 unspecified atom stereocenters. The number of hydrogen-bond acceptors (Lipinski definition) is 3. The van der Waals surface area contributed by atoms with Crippen LogP contribution in [0.15, 0.2) is 18.2 Å². The normalized spacial score (nSPS) is 17.1. The van der Waals surface area contributed by atoms with Gasteiger partial charge in [-0.3, -0.25) is 0 Å². The fourth-order valence-corrected chi connectivity index (χ4v) is 3.22. The summed E-state index contributed by atoms with van der Waals surface area (Å²) in [6.45, 7) is 4.11. The molecule has 0 amide bonds. The van der Waals surface area contributed by atoms with Crippen LogP contribution < -0.4 is 0 Å². The number of benzene rings is 1. The lowest BCUT2D eigenvalue weighted by Gasteiger charge is -2.43. The molecule has 0 saturated heterocycles. The zero-order valence-electron chi connectivity index (χ0n) is 12.3. The van der Waals surface area contributed by atoms with Crippen LogP contribution in [0.25, 0.3) is 11.0 Å². The van der Waals surface area contributed by atoms with E-state index in [1.165, 1.54) is 0 Å². The van der Waals surface area contributed by atoms with Crippen molar-refractivity contribution in [1.29, 1.82) is 0 Å². The third kappa shape index (κ3) is 1.95. The Labute approximate surface area is 123 Å². The molecule has 2 N–H and O–H groups in total.